The van der Waals surface area contributed by atoms with Crippen LogP contribution in [-0.2, 0) is 0 Å². The Morgan fingerprint density at radius 2 is 1.69 bits per heavy atom. The van der Waals surface area contributed by atoms with Gasteiger partial charge in [0, 0.05) is 17.6 Å². The molecule has 1 saturated carbocycles. The van der Waals surface area contributed by atoms with Gasteiger partial charge in [-0.3, -0.25) is 0 Å². The van der Waals surface area contributed by atoms with Gasteiger partial charge in [0.2, 0.25) is 0 Å². The van der Waals surface area contributed by atoms with E-state index in [1.165, 1.54) is 25.7 Å². The molecule has 2 atom stereocenters. The summed E-state index contributed by atoms with van der Waals surface area (Å²) in [7, 11) is 2.07. The van der Waals surface area contributed by atoms with E-state index in [-0.39, 0.29) is 5.54 Å². The highest BCUT2D eigenvalue weighted by molar-refractivity contribution is 4.85. The molecule has 13 heavy (non-hydrogen) atoms. The lowest BCUT2D eigenvalue weighted by molar-refractivity contribution is 0.263. The molecular weight excluding hydrogens is 160 g/mol. The fraction of sp³-hybridized carbons (Fsp3) is 1.00. The molecule has 0 aromatic carbocycles. The summed E-state index contributed by atoms with van der Waals surface area (Å²) < 4.78 is 0. The summed E-state index contributed by atoms with van der Waals surface area (Å²) in [4.78, 5) is 0. The maximum Gasteiger partial charge on any atom is 0.00991 e. The van der Waals surface area contributed by atoms with Gasteiger partial charge in [0.05, 0.1) is 0 Å². The normalized spacial score (nSPS) is 30.5. The minimum atomic E-state index is 0.264. The molecule has 0 radical (unpaired) electrons. The highest BCUT2D eigenvalue weighted by atomic mass is 15.0. The van der Waals surface area contributed by atoms with E-state index in [2.05, 4.69) is 38.5 Å². The van der Waals surface area contributed by atoms with E-state index < -0.39 is 0 Å². The monoisotopic (exact) mass is 184 g/mol. The van der Waals surface area contributed by atoms with Crippen LogP contribution < -0.4 is 10.6 Å². The third-order valence-electron chi connectivity index (χ3n) is 2.72. The van der Waals surface area contributed by atoms with Gasteiger partial charge in [0.1, 0.15) is 0 Å². The van der Waals surface area contributed by atoms with Crippen LogP contribution in [-0.4, -0.2) is 24.7 Å². The van der Waals surface area contributed by atoms with Crippen molar-refractivity contribution in [1.82, 2.24) is 10.6 Å². The SMILES string of the molecule is CNC1CCCC(NC(C)(C)C)C1. The lowest BCUT2D eigenvalue weighted by Gasteiger charge is -2.34. The minimum absolute atomic E-state index is 0.264. The van der Waals surface area contributed by atoms with Crippen molar-refractivity contribution < 1.29 is 0 Å². The van der Waals surface area contributed by atoms with Crippen LogP contribution in [0.15, 0.2) is 0 Å². The molecule has 1 fully saturated rings. The first-order valence-electron chi connectivity index (χ1n) is 5.46. The van der Waals surface area contributed by atoms with Crippen molar-refractivity contribution in [3.05, 3.63) is 0 Å². The summed E-state index contributed by atoms with van der Waals surface area (Å²) in [5.41, 5.74) is 0.264. The van der Waals surface area contributed by atoms with Gasteiger partial charge in [0.25, 0.3) is 0 Å². The maximum atomic E-state index is 3.68. The van der Waals surface area contributed by atoms with Crippen molar-refractivity contribution in [1.29, 1.82) is 0 Å². The van der Waals surface area contributed by atoms with Crippen LogP contribution >= 0.6 is 0 Å². The molecule has 0 aromatic heterocycles. The lowest BCUT2D eigenvalue weighted by Crippen LogP contribution is -2.48. The Morgan fingerprint density at radius 3 is 2.23 bits per heavy atom. The Labute approximate surface area is 82.5 Å². The molecule has 0 amide bonds. The lowest BCUT2D eigenvalue weighted by atomic mass is 9.89. The quantitative estimate of drug-likeness (QED) is 0.685. The van der Waals surface area contributed by atoms with Crippen LogP contribution in [0.2, 0.25) is 0 Å². The molecule has 0 spiro atoms. The molecule has 1 aliphatic carbocycles. The molecule has 1 rings (SSSR count). The van der Waals surface area contributed by atoms with Crippen LogP contribution in [0.25, 0.3) is 0 Å². The Kier molecular flexibility index (Phi) is 3.74. The summed E-state index contributed by atoms with van der Waals surface area (Å²) in [6, 6.07) is 1.44. The van der Waals surface area contributed by atoms with Gasteiger partial charge in [-0.15, -0.1) is 0 Å². The number of hydrogen-bond acceptors (Lipinski definition) is 2. The Balaban J connectivity index is 2.34. The van der Waals surface area contributed by atoms with Gasteiger partial charge >= 0.3 is 0 Å². The number of nitrogens with one attached hydrogen (secondary N) is 2. The summed E-state index contributed by atoms with van der Waals surface area (Å²) in [5.74, 6) is 0. The molecule has 78 valence electrons. The molecule has 2 nitrogen and oxygen atoms in total. The molecule has 0 aromatic rings. The molecule has 0 bridgehead atoms. The topological polar surface area (TPSA) is 24.1 Å². The molecular formula is C11H24N2. The predicted octanol–water partition coefficient (Wildman–Crippen LogP) is 1.91. The number of rotatable bonds is 2. The second-order valence-corrected chi connectivity index (χ2v) is 5.24. The zero-order chi connectivity index (χ0) is 9.90. The van der Waals surface area contributed by atoms with Gasteiger partial charge in [0.15, 0.2) is 0 Å². The van der Waals surface area contributed by atoms with Gasteiger partial charge in [-0.25, -0.2) is 0 Å². The summed E-state index contributed by atoms with van der Waals surface area (Å²) in [6.07, 6.45) is 5.33. The van der Waals surface area contributed by atoms with Crippen LogP contribution in [0, 0.1) is 0 Å². The van der Waals surface area contributed by atoms with Crippen molar-refractivity contribution in [3.8, 4) is 0 Å². The van der Waals surface area contributed by atoms with Gasteiger partial charge in [-0.2, -0.15) is 0 Å². The fourth-order valence-electron chi connectivity index (χ4n) is 2.20. The van der Waals surface area contributed by atoms with Crippen LogP contribution in [0.3, 0.4) is 0 Å². The highest BCUT2D eigenvalue weighted by Gasteiger charge is 2.23. The standard InChI is InChI=1S/C11H24N2/c1-11(2,3)13-10-7-5-6-9(8-10)12-4/h9-10,12-13H,5-8H2,1-4H3. The molecule has 1 aliphatic rings. The van der Waals surface area contributed by atoms with Gasteiger partial charge in [-0.05, 0) is 47.1 Å². The van der Waals surface area contributed by atoms with E-state index in [9.17, 15) is 0 Å². The molecule has 0 heterocycles. The molecule has 0 aliphatic heterocycles. The van der Waals surface area contributed by atoms with Gasteiger partial charge in [-0.1, -0.05) is 6.42 Å². The average Bonchev–Trinajstić information content (AvgIpc) is 2.01. The van der Waals surface area contributed by atoms with Crippen molar-refractivity contribution in [2.75, 3.05) is 7.05 Å². The molecule has 2 heteroatoms. The average molecular weight is 184 g/mol. The molecule has 2 unspecified atom stereocenters. The summed E-state index contributed by atoms with van der Waals surface area (Å²) in [5, 5.41) is 7.06. The fourth-order valence-corrected chi connectivity index (χ4v) is 2.20. The number of hydrogen-bond donors (Lipinski definition) is 2. The maximum absolute atomic E-state index is 3.68. The van der Waals surface area contributed by atoms with E-state index in [1.807, 2.05) is 0 Å². The third kappa shape index (κ3) is 4.10. The Morgan fingerprint density at radius 1 is 1.08 bits per heavy atom. The zero-order valence-corrected chi connectivity index (χ0v) is 9.48. The van der Waals surface area contributed by atoms with E-state index in [0.29, 0.717) is 6.04 Å². The Hall–Kier alpha value is -0.0800. The second kappa shape index (κ2) is 4.43. The summed E-state index contributed by atoms with van der Waals surface area (Å²) >= 11 is 0. The van der Waals surface area contributed by atoms with E-state index in [4.69, 9.17) is 0 Å². The van der Waals surface area contributed by atoms with Gasteiger partial charge < -0.3 is 10.6 Å². The van der Waals surface area contributed by atoms with E-state index in [1.54, 1.807) is 0 Å². The minimum Gasteiger partial charge on any atom is -0.317 e. The smallest absolute Gasteiger partial charge is 0.00991 e. The third-order valence-corrected chi connectivity index (χ3v) is 2.72. The van der Waals surface area contributed by atoms with Crippen LogP contribution in [0.4, 0.5) is 0 Å². The second-order valence-electron chi connectivity index (χ2n) is 5.24. The zero-order valence-electron chi connectivity index (χ0n) is 9.48. The van der Waals surface area contributed by atoms with Crippen LogP contribution in [0.5, 0.6) is 0 Å². The van der Waals surface area contributed by atoms with E-state index in [0.717, 1.165) is 6.04 Å². The summed E-state index contributed by atoms with van der Waals surface area (Å²) in [6.45, 7) is 6.74. The first-order valence-corrected chi connectivity index (χ1v) is 5.46. The first kappa shape index (κ1) is 11.0. The van der Waals surface area contributed by atoms with Crippen molar-refractivity contribution >= 4 is 0 Å². The Bertz CT molecular complexity index is 149. The molecule has 2 N–H and O–H groups in total. The van der Waals surface area contributed by atoms with Crippen molar-refractivity contribution in [3.63, 3.8) is 0 Å². The predicted molar refractivity (Wildman–Crippen MR) is 58.0 cm³/mol. The largest absolute Gasteiger partial charge is 0.317 e. The first-order chi connectivity index (χ1) is 6.01. The van der Waals surface area contributed by atoms with Crippen molar-refractivity contribution in [2.24, 2.45) is 0 Å². The molecule has 0 saturated heterocycles. The van der Waals surface area contributed by atoms with E-state index >= 15 is 0 Å². The van der Waals surface area contributed by atoms with Crippen LogP contribution in [0.1, 0.15) is 46.5 Å². The van der Waals surface area contributed by atoms with Crippen molar-refractivity contribution in [2.45, 2.75) is 64.1 Å². The highest BCUT2D eigenvalue weighted by Crippen LogP contribution is 2.20.